The van der Waals surface area contributed by atoms with Crippen LogP contribution in [0.15, 0.2) is 38.5 Å². The van der Waals surface area contributed by atoms with E-state index in [0.717, 1.165) is 5.56 Å². The number of halogens is 1. The summed E-state index contributed by atoms with van der Waals surface area (Å²) in [5.74, 6) is 0. The minimum absolute atomic E-state index is 0.186. The second kappa shape index (κ2) is 6.53. The Hall–Kier alpha value is -1.60. The first-order valence-corrected chi connectivity index (χ1v) is 6.51. The lowest BCUT2D eigenvalue weighted by Crippen LogP contribution is -2.26. The molecule has 1 N–H and O–H groups in total. The van der Waals surface area contributed by atoms with Crippen molar-refractivity contribution in [3.63, 3.8) is 0 Å². The maximum absolute atomic E-state index is 12.0. The topological polar surface area (TPSA) is 69.3 Å². The summed E-state index contributed by atoms with van der Waals surface area (Å²) in [5.41, 5.74) is 1.46. The molecule has 0 aliphatic carbocycles. The van der Waals surface area contributed by atoms with Crippen molar-refractivity contribution in [3.8, 4) is 0 Å². The zero-order chi connectivity index (χ0) is 13.7. The molecule has 2 rings (SSSR count). The van der Waals surface area contributed by atoms with Crippen molar-refractivity contribution in [1.29, 1.82) is 0 Å². The van der Waals surface area contributed by atoms with Crippen LogP contribution in [0.5, 0.6) is 0 Å². The van der Waals surface area contributed by atoms with Crippen LogP contribution in [0, 0.1) is 0 Å². The second-order valence-electron chi connectivity index (χ2n) is 3.88. The maximum atomic E-state index is 12.0. The average molecular weight is 328 g/mol. The number of anilines is 1. The zero-order valence-corrected chi connectivity index (χ0v) is 12.0. The fourth-order valence-corrected chi connectivity index (χ4v) is 1.96. The Labute approximate surface area is 118 Å². The molecule has 0 aliphatic rings. The van der Waals surface area contributed by atoms with Crippen LogP contribution in [-0.2, 0) is 17.8 Å². The number of hydrogen-bond donors (Lipinski definition) is 1. The number of methoxy groups -OCH3 is 1. The number of aromatic nitrogens is 2. The Balaban J connectivity index is 2.09. The molecule has 2 aromatic rings. The van der Waals surface area contributed by atoms with E-state index in [1.165, 1.54) is 4.68 Å². The molecule has 19 heavy (non-hydrogen) atoms. The summed E-state index contributed by atoms with van der Waals surface area (Å²) in [4.78, 5) is 12.0. The van der Waals surface area contributed by atoms with E-state index in [9.17, 15) is 4.79 Å². The van der Waals surface area contributed by atoms with Crippen LogP contribution in [0.4, 0.5) is 5.69 Å². The minimum atomic E-state index is -0.186. The lowest BCUT2D eigenvalue weighted by atomic mass is 10.3. The van der Waals surface area contributed by atoms with Crippen LogP contribution in [0.1, 0.15) is 5.56 Å². The van der Waals surface area contributed by atoms with Gasteiger partial charge in [-0.2, -0.15) is 5.10 Å². The van der Waals surface area contributed by atoms with Gasteiger partial charge in [-0.15, -0.1) is 0 Å². The van der Waals surface area contributed by atoms with E-state index in [-0.39, 0.29) is 5.56 Å². The first-order chi connectivity index (χ1) is 9.22. The third-order valence-corrected chi connectivity index (χ3v) is 3.32. The Morgan fingerprint density at radius 3 is 3.11 bits per heavy atom. The summed E-state index contributed by atoms with van der Waals surface area (Å²) in [7, 11) is 1.58. The van der Waals surface area contributed by atoms with Crippen molar-refractivity contribution in [2.45, 2.75) is 13.1 Å². The van der Waals surface area contributed by atoms with Gasteiger partial charge in [0, 0.05) is 19.2 Å². The molecule has 7 heteroatoms. The lowest BCUT2D eigenvalue weighted by Gasteiger charge is -2.09. The van der Waals surface area contributed by atoms with Gasteiger partial charge in [0.15, 0.2) is 0 Å². The summed E-state index contributed by atoms with van der Waals surface area (Å²) >= 11 is 3.29. The highest BCUT2D eigenvalue weighted by Gasteiger charge is 2.08. The van der Waals surface area contributed by atoms with Crippen molar-refractivity contribution in [3.05, 3.63) is 45.2 Å². The summed E-state index contributed by atoms with van der Waals surface area (Å²) in [6, 6.07) is 1.86. The van der Waals surface area contributed by atoms with Gasteiger partial charge in [0.05, 0.1) is 37.6 Å². The third kappa shape index (κ3) is 3.45. The molecule has 0 amide bonds. The van der Waals surface area contributed by atoms with Crippen molar-refractivity contribution in [2.75, 3.05) is 19.0 Å². The van der Waals surface area contributed by atoms with Crippen LogP contribution < -0.4 is 10.9 Å². The molecule has 0 saturated carbocycles. The first kappa shape index (κ1) is 13.8. The number of furan rings is 1. The molecule has 0 saturated heterocycles. The molecule has 0 aromatic carbocycles. The van der Waals surface area contributed by atoms with Crippen molar-refractivity contribution in [2.24, 2.45) is 0 Å². The highest BCUT2D eigenvalue weighted by Crippen LogP contribution is 2.17. The molecule has 2 aromatic heterocycles. The average Bonchev–Trinajstić information content (AvgIpc) is 2.92. The number of rotatable bonds is 6. The number of hydrogen-bond acceptors (Lipinski definition) is 5. The molecule has 0 spiro atoms. The van der Waals surface area contributed by atoms with Crippen molar-refractivity contribution >= 4 is 21.6 Å². The van der Waals surface area contributed by atoms with E-state index < -0.39 is 0 Å². The van der Waals surface area contributed by atoms with Crippen LogP contribution in [-0.4, -0.2) is 23.5 Å². The minimum Gasteiger partial charge on any atom is -0.472 e. The lowest BCUT2D eigenvalue weighted by molar-refractivity contribution is 0.181. The van der Waals surface area contributed by atoms with Gasteiger partial charge in [0.25, 0.3) is 5.56 Å². The summed E-state index contributed by atoms with van der Waals surface area (Å²) in [5, 5.41) is 7.21. The predicted octanol–water partition coefficient (Wildman–Crippen LogP) is 1.86. The number of nitrogens with zero attached hydrogens (tertiary/aromatic N) is 2. The Morgan fingerprint density at radius 2 is 2.42 bits per heavy atom. The first-order valence-electron chi connectivity index (χ1n) is 5.72. The summed E-state index contributed by atoms with van der Waals surface area (Å²) < 4.78 is 11.7. The van der Waals surface area contributed by atoms with E-state index in [0.29, 0.717) is 29.9 Å². The standard InChI is InChI=1S/C12H14BrN3O3/c1-18-5-3-16-12(17)11(13)10(7-15-16)14-6-9-2-4-19-8-9/h2,4,7-8,14H,3,5-6H2,1H3. The smallest absolute Gasteiger partial charge is 0.283 e. The van der Waals surface area contributed by atoms with Gasteiger partial charge >= 0.3 is 0 Å². The van der Waals surface area contributed by atoms with Gasteiger partial charge in [-0.3, -0.25) is 4.79 Å². The highest BCUT2D eigenvalue weighted by atomic mass is 79.9. The van der Waals surface area contributed by atoms with Gasteiger partial charge in [0.2, 0.25) is 0 Å². The van der Waals surface area contributed by atoms with E-state index in [4.69, 9.17) is 9.15 Å². The molecule has 0 atom stereocenters. The van der Waals surface area contributed by atoms with E-state index in [1.54, 1.807) is 25.8 Å². The molecule has 0 fully saturated rings. The molecule has 0 bridgehead atoms. The van der Waals surface area contributed by atoms with Gasteiger partial charge in [-0.05, 0) is 22.0 Å². The quantitative estimate of drug-likeness (QED) is 0.876. The normalized spacial score (nSPS) is 10.6. The fraction of sp³-hybridized carbons (Fsp3) is 0.333. The highest BCUT2D eigenvalue weighted by molar-refractivity contribution is 9.10. The third-order valence-electron chi connectivity index (χ3n) is 2.56. The van der Waals surface area contributed by atoms with Crippen molar-refractivity contribution < 1.29 is 9.15 Å². The van der Waals surface area contributed by atoms with E-state index >= 15 is 0 Å². The van der Waals surface area contributed by atoms with Gasteiger partial charge in [-0.1, -0.05) is 0 Å². The van der Waals surface area contributed by atoms with Crippen molar-refractivity contribution in [1.82, 2.24) is 9.78 Å². The molecule has 0 unspecified atom stereocenters. The molecule has 102 valence electrons. The predicted molar refractivity (Wildman–Crippen MR) is 74.1 cm³/mol. The largest absolute Gasteiger partial charge is 0.472 e. The van der Waals surface area contributed by atoms with Crippen LogP contribution in [0.25, 0.3) is 0 Å². The fourth-order valence-electron chi connectivity index (χ4n) is 1.52. The zero-order valence-electron chi connectivity index (χ0n) is 10.4. The summed E-state index contributed by atoms with van der Waals surface area (Å²) in [6.07, 6.45) is 4.86. The molecule has 2 heterocycles. The summed E-state index contributed by atoms with van der Waals surface area (Å²) in [6.45, 7) is 1.44. The maximum Gasteiger partial charge on any atom is 0.283 e. The Morgan fingerprint density at radius 1 is 1.58 bits per heavy atom. The monoisotopic (exact) mass is 327 g/mol. The SMILES string of the molecule is COCCn1ncc(NCc2ccoc2)c(Br)c1=O. The molecule has 0 radical (unpaired) electrons. The van der Waals surface area contributed by atoms with Crippen LogP contribution in [0.2, 0.25) is 0 Å². The van der Waals surface area contributed by atoms with Crippen LogP contribution >= 0.6 is 15.9 Å². The Bertz CT molecular complexity index is 580. The molecule has 0 aliphatic heterocycles. The van der Waals surface area contributed by atoms with E-state index in [2.05, 4.69) is 26.3 Å². The van der Waals surface area contributed by atoms with Gasteiger partial charge in [0.1, 0.15) is 4.47 Å². The molecular formula is C12H14BrN3O3. The molecule has 6 nitrogen and oxygen atoms in total. The number of nitrogens with one attached hydrogen (secondary N) is 1. The van der Waals surface area contributed by atoms with Gasteiger partial charge < -0.3 is 14.5 Å². The van der Waals surface area contributed by atoms with Gasteiger partial charge in [-0.25, -0.2) is 4.68 Å². The Kier molecular flexibility index (Phi) is 4.75. The molecular weight excluding hydrogens is 314 g/mol. The van der Waals surface area contributed by atoms with Crippen LogP contribution in [0.3, 0.4) is 0 Å². The number of ether oxygens (including phenoxy) is 1. The second-order valence-corrected chi connectivity index (χ2v) is 4.67. The van der Waals surface area contributed by atoms with E-state index in [1.807, 2.05) is 6.07 Å².